The van der Waals surface area contributed by atoms with E-state index in [1.807, 2.05) is 48.3 Å². The number of fused-ring (bicyclic) bond motifs is 1. The highest BCUT2D eigenvalue weighted by molar-refractivity contribution is 5.96. The van der Waals surface area contributed by atoms with Crippen molar-refractivity contribution in [1.29, 1.82) is 0 Å². The van der Waals surface area contributed by atoms with Crippen molar-refractivity contribution >= 4 is 22.8 Å². The van der Waals surface area contributed by atoms with Crippen LogP contribution in [-0.2, 0) is 17.8 Å². The largest absolute Gasteiger partial charge is 0.496 e. The van der Waals surface area contributed by atoms with Gasteiger partial charge in [-0.3, -0.25) is 9.59 Å². The molecule has 0 aliphatic carbocycles. The van der Waals surface area contributed by atoms with Gasteiger partial charge in [-0.2, -0.15) is 0 Å². The number of benzene rings is 2. The van der Waals surface area contributed by atoms with Crippen LogP contribution in [0, 0.1) is 0 Å². The summed E-state index contributed by atoms with van der Waals surface area (Å²) in [7, 11) is 3.44. The first kappa shape index (κ1) is 25.3. The fraction of sp³-hybridized carbons (Fsp3) is 0.444. The Hall–Kier alpha value is -3.35. The van der Waals surface area contributed by atoms with Gasteiger partial charge >= 0.3 is 0 Å². The van der Waals surface area contributed by atoms with Crippen molar-refractivity contribution in [3.63, 3.8) is 0 Å². The summed E-state index contributed by atoms with van der Waals surface area (Å²) in [4.78, 5) is 31.8. The molecule has 0 fully saturated rings. The van der Waals surface area contributed by atoms with Crippen LogP contribution in [0.5, 0.6) is 5.75 Å². The number of aromatic nitrogens is 2. The molecule has 2 amide bonds. The summed E-state index contributed by atoms with van der Waals surface area (Å²) < 4.78 is 7.32. The molecule has 0 aliphatic heterocycles. The van der Waals surface area contributed by atoms with Crippen molar-refractivity contribution in [2.24, 2.45) is 0 Å². The van der Waals surface area contributed by atoms with Gasteiger partial charge in [0.15, 0.2) is 0 Å². The van der Waals surface area contributed by atoms with E-state index in [9.17, 15) is 9.59 Å². The molecule has 1 aromatic heterocycles. The Morgan fingerprint density at radius 2 is 1.79 bits per heavy atom. The molecule has 3 aromatic rings. The van der Waals surface area contributed by atoms with Crippen LogP contribution in [0.3, 0.4) is 0 Å². The average molecular weight is 465 g/mol. The minimum atomic E-state index is -0.120. The number of methoxy groups -OCH3 is 1. The highest BCUT2D eigenvalue weighted by atomic mass is 16.5. The van der Waals surface area contributed by atoms with E-state index in [1.54, 1.807) is 19.2 Å². The predicted molar refractivity (Wildman–Crippen MR) is 135 cm³/mol. The number of nitrogens with one attached hydrogen (secondary N) is 1. The molecule has 7 heteroatoms. The number of likely N-dealkylation sites (N-methyl/N-ethyl adjacent to an activating group) is 1. The lowest BCUT2D eigenvalue weighted by Crippen LogP contribution is -2.31. The van der Waals surface area contributed by atoms with Crippen LogP contribution >= 0.6 is 0 Å². The standard InChI is InChI=1S/C27H36N4O3/c1-4-5-19-30(2)26(32)20-31-23-15-10-9-14-22(23)29-25(31)17-7-6-12-18-28-27(33)21-13-8-11-16-24(21)34-3/h8-11,13-16H,4-7,12,17-20H2,1-3H3,(H,28,33). The zero-order valence-electron chi connectivity index (χ0n) is 20.5. The first-order chi connectivity index (χ1) is 16.5. The fourth-order valence-corrected chi connectivity index (χ4v) is 3.98. The summed E-state index contributed by atoms with van der Waals surface area (Å²) in [6.07, 6.45) is 5.64. The van der Waals surface area contributed by atoms with E-state index in [-0.39, 0.29) is 11.8 Å². The molecular weight excluding hydrogens is 428 g/mol. The zero-order valence-corrected chi connectivity index (χ0v) is 20.5. The number of aryl methyl sites for hydroxylation is 1. The smallest absolute Gasteiger partial charge is 0.255 e. The summed E-state index contributed by atoms with van der Waals surface area (Å²) >= 11 is 0. The molecule has 7 nitrogen and oxygen atoms in total. The van der Waals surface area contributed by atoms with Crippen LogP contribution in [0.15, 0.2) is 48.5 Å². The topological polar surface area (TPSA) is 76.5 Å². The Balaban J connectivity index is 1.52. The van der Waals surface area contributed by atoms with Gasteiger partial charge in [0.05, 0.1) is 23.7 Å². The Morgan fingerprint density at radius 3 is 2.59 bits per heavy atom. The molecule has 0 unspecified atom stereocenters. The SMILES string of the molecule is CCCCN(C)C(=O)Cn1c(CCCCCNC(=O)c2ccccc2OC)nc2ccccc21. The van der Waals surface area contributed by atoms with Crippen molar-refractivity contribution in [1.82, 2.24) is 19.8 Å². The van der Waals surface area contributed by atoms with Crippen molar-refractivity contribution in [3.05, 3.63) is 59.9 Å². The number of unbranched alkanes of at least 4 members (excludes halogenated alkanes) is 3. The van der Waals surface area contributed by atoms with Gasteiger partial charge in [-0.1, -0.05) is 44.0 Å². The molecule has 1 N–H and O–H groups in total. The number of amides is 2. The molecule has 0 spiro atoms. The van der Waals surface area contributed by atoms with E-state index >= 15 is 0 Å². The number of rotatable bonds is 13. The van der Waals surface area contributed by atoms with E-state index in [2.05, 4.69) is 16.8 Å². The van der Waals surface area contributed by atoms with Gasteiger partial charge in [0.1, 0.15) is 18.1 Å². The Kier molecular flexibility index (Phi) is 9.50. The van der Waals surface area contributed by atoms with Crippen LogP contribution in [0.25, 0.3) is 11.0 Å². The van der Waals surface area contributed by atoms with Gasteiger partial charge < -0.3 is 19.5 Å². The van der Waals surface area contributed by atoms with Crippen LogP contribution < -0.4 is 10.1 Å². The van der Waals surface area contributed by atoms with E-state index in [1.165, 1.54) is 0 Å². The second-order valence-corrected chi connectivity index (χ2v) is 8.54. The average Bonchev–Trinajstić information content (AvgIpc) is 3.21. The van der Waals surface area contributed by atoms with Gasteiger partial charge in [-0.05, 0) is 43.5 Å². The van der Waals surface area contributed by atoms with Gasteiger partial charge in [-0.25, -0.2) is 4.98 Å². The lowest BCUT2D eigenvalue weighted by molar-refractivity contribution is -0.130. The summed E-state index contributed by atoms with van der Waals surface area (Å²) in [6.45, 7) is 3.82. The lowest BCUT2D eigenvalue weighted by Gasteiger charge is -2.18. The molecule has 3 rings (SSSR count). The number of hydrogen-bond acceptors (Lipinski definition) is 4. The van der Waals surface area contributed by atoms with E-state index in [4.69, 9.17) is 9.72 Å². The molecule has 34 heavy (non-hydrogen) atoms. The van der Waals surface area contributed by atoms with Crippen LogP contribution in [0.2, 0.25) is 0 Å². The molecule has 0 radical (unpaired) electrons. The number of hydrogen-bond donors (Lipinski definition) is 1. The Labute approximate surface area is 202 Å². The van der Waals surface area contributed by atoms with Crippen LogP contribution in [0.4, 0.5) is 0 Å². The number of nitrogens with zero attached hydrogens (tertiary/aromatic N) is 3. The van der Waals surface area contributed by atoms with Gasteiger partial charge in [-0.15, -0.1) is 0 Å². The lowest BCUT2D eigenvalue weighted by atomic mass is 10.1. The minimum absolute atomic E-state index is 0.108. The molecule has 0 aliphatic rings. The highest BCUT2D eigenvalue weighted by Crippen LogP contribution is 2.19. The molecule has 0 bridgehead atoms. The molecule has 182 valence electrons. The fourth-order valence-electron chi connectivity index (χ4n) is 3.98. The summed E-state index contributed by atoms with van der Waals surface area (Å²) in [5, 5.41) is 2.97. The van der Waals surface area contributed by atoms with Crippen molar-refractivity contribution in [2.75, 3.05) is 27.2 Å². The third-order valence-corrected chi connectivity index (χ3v) is 6.01. The van der Waals surface area contributed by atoms with Crippen LogP contribution in [-0.4, -0.2) is 53.5 Å². The maximum atomic E-state index is 12.8. The van der Waals surface area contributed by atoms with E-state index in [0.29, 0.717) is 24.4 Å². The van der Waals surface area contributed by atoms with E-state index < -0.39 is 0 Å². The quantitative estimate of drug-likeness (QED) is 0.379. The maximum Gasteiger partial charge on any atom is 0.255 e. The highest BCUT2D eigenvalue weighted by Gasteiger charge is 2.16. The Bertz CT molecular complexity index is 1090. The zero-order chi connectivity index (χ0) is 24.3. The number of imidazole rings is 1. The number of para-hydroxylation sites is 3. The van der Waals surface area contributed by atoms with Crippen molar-refractivity contribution in [2.45, 2.75) is 52.0 Å². The third-order valence-electron chi connectivity index (χ3n) is 6.01. The number of ether oxygens (including phenoxy) is 1. The summed E-state index contributed by atoms with van der Waals surface area (Å²) in [6, 6.07) is 15.2. The van der Waals surface area contributed by atoms with Crippen LogP contribution in [0.1, 0.15) is 55.2 Å². The summed E-state index contributed by atoms with van der Waals surface area (Å²) in [5.74, 6) is 1.51. The van der Waals surface area contributed by atoms with E-state index in [0.717, 1.165) is 61.9 Å². The molecule has 1 heterocycles. The first-order valence-electron chi connectivity index (χ1n) is 12.1. The van der Waals surface area contributed by atoms with Crippen molar-refractivity contribution in [3.8, 4) is 5.75 Å². The van der Waals surface area contributed by atoms with Gasteiger partial charge in [0, 0.05) is 26.6 Å². The number of carbonyl (C=O) groups is 2. The molecule has 0 atom stereocenters. The summed E-state index contributed by atoms with van der Waals surface area (Å²) in [5.41, 5.74) is 2.47. The normalized spacial score (nSPS) is 10.9. The molecule has 0 saturated carbocycles. The predicted octanol–water partition coefficient (Wildman–Crippen LogP) is 4.45. The second-order valence-electron chi connectivity index (χ2n) is 8.54. The second kappa shape index (κ2) is 12.8. The third kappa shape index (κ3) is 6.59. The van der Waals surface area contributed by atoms with Gasteiger partial charge in [0.2, 0.25) is 5.91 Å². The Morgan fingerprint density at radius 1 is 1.03 bits per heavy atom. The van der Waals surface area contributed by atoms with Crippen molar-refractivity contribution < 1.29 is 14.3 Å². The molecule has 2 aromatic carbocycles. The monoisotopic (exact) mass is 464 g/mol. The first-order valence-corrected chi connectivity index (χ1v) is 12.1. The molecular formula is C27H36N4O3. The van der Waals surface area contributed by atoms with Gasteiger partial charge in [0.25, 0.3) is 5.91 Å². The minimum Gasteiger partial charge on any atom is -0.496 e. The maximum absolute atomic E-state index is 12.8. The molecule has 0 saturated heterocycles. The number of carbonyl (C=O) groups excluding carboxylic acids is 2.